The van der Waals surface area contributed by atoms with Gasteiger partial charge in [-0.05, 0) is 79.6 Å². The smallest absolute Gasteiger partial charge is 0.339 e. The standard InChI is InChI=1S/C30H35N3O5/c1-21(2)15-18-37-25-10-7-23(8-11-25)29(34)32-24-9-12-28(31-19-24)33-16-13-22(14-17-33)20-38-27-6-4-3-5-26(27)30(35)36/h3-12,19,21-22H,13-18,20H2,1-2H3,(H,32,34)(H,35,36). The maximum absolute atomic E-state index is 12.6. The van der Waals surface area contributed by atoms with E-state index in [1.165, 1.54) is 0 Å². The number of benzene rings is 2. The number of hydrogen-bond acceptors (Lipinski definition) is 6. The van der Waals surface area contributed by atoms with Crippen LogP contribution in [0.1, 0.15) is 53.8 Å². The number of piperidine rings is 1. The molecule has 1 aliphatic rings. The molecule has 0 spiro atoms. The molecular weight excluding hydrogens is 482 g/mol. The van der Waals surface area contributed by atoms with E-state index in [2.05, 4.69) is 29.0 Å². The summed E-state index contributed by atoms with van der Waals surface area (Å²) in [5.41, 5.74) is 1.38. The van der Waals surface area contributed by atoms with E-state index in [4.69, 9.17) is 9.47 Å². The van der Waals surface area contributed by atoms with Crippen molar-refractivity contribution in [2.24, 2.45) is 11.8 Å². The Kier molecular flexibility index (Phi) is 9.19. The summed E-state index contributed by atoms with van der Waals surface area (Å²) >= 11 is 0. The summed E-state index contributed by atoms with van der Waals surface area (Å²) in [6.45, 7) is 7.13. The highest BCUT2D eigenvalue weighted by Gasteiger charge is 2.22. The van der Waals surface area contributed by atoms with Gasteiger partial charge in [-0.2, -0.15) is 0 Å². The lowest BCUT2D eigenvalue weighted by Gasteiger charge is -2.32. The Morgan fingerprint density at radius 3 is 2.42 bits per heavy atom. The molecule has 2 N–H and O–H groups in total. The van der Waals surface area contributed by atoms with Gasteiger partial charge >= 0.3 is 5.97 Å². The molecule has 1 aromatic heterocycles. The molecule has 1 aliphatic heterocycles. The molecule has 0 bridgehead atoms. The summed E-state index contributed by atoms with van der Waals surface area (Å²) in [6.07, 6.45) is 4.51. The minimum absolute atomic E-state index is 0.185. The van der Waals surface area contributed by atoms with Crippen molar-refractivity contribution in [2.75, 3.05) is 36.5 Å². The van der Waals surface area contributed by atoms with Crippen molar-refractivity contribution in [1.29, 1.82) is 0 Å². The van der Waals surface area contributed by atoms with Crippen molar-refractivity contribution in [3.05, 3.63) is 78.0 Å². The van der Waals surface area contributed by atoms with E-state index in [9.17, 15) is 14.7 Å². The van der Waals surface area contributed by atoms with E-state index in [-0.39, 0.29) is 11.5 Å². The molecule has 0 saturated carbocycles. The Balaban J connectivity index is 1.23. The van der Waals surface area contributed by atoms with Crippen LogP contribution in [0.2, 0.25) is 0 Å². The van der Waals surface area contributed by atoms with Crippen LogP contribution in [-0.4, -0.2) is 48.3 Å². The van der Waals surface area contributed by atoms with Gasteiger partial charge < -0.3 is 24.8 Å². The molecular formula is C30H35N3O5. The molecule has 1 amide bonds. The number of aromatic nitrogens is 1. The second-order valence-corrected chi connectivity index (χ2v) is 9.96. The van der Waals surface area contributed by atoms with Gasteiger partial charge in [0.1, 0.15) is 22.9 Å². The number of nitrogens with zero attached hydrogens (tertiary/aromatic N) is 2. The number of ether oxygens (including phenoxy) is 2. The summed E-state index contributed by atoms with van der Waals surface area (Å²) in [6, 6.07) is 17.7. The molecule has 0 atom stereocenters. The van der Waals surface area contributed by atoms with Crippen LogP contribution >= 0.6 is 0 Å². The fraction of sp³-hybridized carbons (Fsp3) is 0.367. The van der Waals surface area contributed by atoms with Gasteiger partial charge in [-0.1, -0.05) is 26.0 Å². The number of pyridine rings is 1. The van der Waals surface area contributed by atoms with Crippen LogP contribution in [0.4, 0.5) is 11.5 Å². The maximum Gasteiger partial charge on any atom is 0.339 e. The molecule has 0 unspecified atom stereocenters. The number of nitrogens with one attached hydrogen (secondary N) is 1. The largest absolute Gasteiger partial charge is 0.494 e. The second kappa shape index (κ2) is 12.9. The number of carboxylic acids is 1. The van der Waals surface area contributed by atoms with Crippen LogP contribution in [0.15, 0.2) is 66.9 Å². The zero-order chi connectivity index (χ0) is 26.9. The number of anilines is 2. The molecule has 8 heteroatoms. The van der Waals surface area contributed by atoms with Crippen LogP contribution in [0.25, 0.3) is 0 Å². The number of hydrogen-bond donors (Lipinski definition) is 2. The molecule has 4 rings (SSSR count). The zero-order valence-corrected chi connectivity index (χ0v) is 21.9. The van der Waals surface area contributed by atoms with Crippen molar-refractivity contribution in [3.63, 3.8) is 0 Å². The zero-order valence-electron chi connectivity index (χ0n) is 21.9. The van der Waals surface area contributed by atoms with Crippen LogP contribution in [0.5, 0.6) is 11.5 Å². The highest BCUT2D eigenvalue weighted by molar-refractivity contribution is 6.04. The lowest BCUT2D eigenvalue weighted by molar-refractivity contribution is 0.0690. The Bertz CT molecular complexity index is 1200. The summed E-state index contributed by atoms with van der Waals surface area (Å²) in [4.78, 5) is 30.8. The number of aromatic carboxylic acids is 1. The summed E-state index contributed by atoms with van der Waals surface area (Å²) in [7, 11) is 0. The highest BCUT2D eigenvalue weighted by Crippen LogP contribution is 2.25. The Morgan fingerprint density at radius 1 is 1.03 bits per heavy atom. The average molecular weight is 518 g/mol. The quantitative estimate of drug-likeness (QED) is 0.334. The van der Waals surface area contributed by atoms with Gasteiger partial charge in [0, 0.05) is 18.7 Å². The van der Waals surface area contributed by atoms with Gasteiger partial charge in [-0.25, -0.2) is 9.78 Å². The topological polar surface area (TPSA) is 101 Å². The number of carbonyl (C=O) groups excluding carboxylic acids is 1. The summed E-state index contributed by atoms with van der Waals surface area (Å²) in [5, 5.41) is 12.2. The number of para-hydroxylation sites is 1. The van der Waals surface area contributed by atoms with Gasteiger partial charge in [0.15, 0.2) is 0 Å². The predicted molar refractivity (Wildman–Crippen MR) is 147 cm³/mol. The third kappa shape index (κ3) is 7.47. The van der Waals surface area contributed by atoms with Crippen LogP contribution in [0.3, 0.4) is 0 Å². The van der Waals surface area contributed by atoms with E-state index in [0.717, 1.165) is 43.9 Å². The predicted octanol–water partition coefficient (Wildman–Crippen LogP) is 5.75. The van der Waals surface area contributed by atoms with Gasteiger partial charge in [0.05, 0.1) is 25.1 Å². The van der Waals surface area contributed by atoms with Crippen LogP contribution < -0.4 is 19.7 Å². The molecule has 1 saturated heterocycles. The molecule has 8 nitrogen and oxygen atoms in total. The first-order chi connectivity index (χ1) is 18.4. The second-order valence-electron chi connectivity index (χ2n) is 9.96. The van der Waals surface area contributed by atoms with E-state index >= 15 is 0 Å². The number of rotatable bonds is 11. The van der Waals surface area contributed by atoms with Gasteiger partial charge in [-0.15, -0.1) is 0 Å². The Hall–Kier alpha value is -4.07. The summed E-state index contributed by atoms with van der Waals surface area (Å²) < 4.78 is 11.6. The first-order valence-electron chi connectivity index (χ1n) is 13.1. The molecule has 0 aliphatic carbocycles. The van der Waals surface area contributed by atoms with Crippen LogP contribution in [-0.2, 0) is 0 Å². The monoisotopic (exact) mass is 517 g/mol. The molecule has 3 aromatic rings. The van der Waals surface area contributed by atoms with Crippen molar-refractivity contribution in [2.45, 2.75) is 33.1 Å². The fourth-order valence-corrected chi connectivity index (χ4v) is 4.27. The number of amides is 1. The van der Waals surface area contributed by atoms with Crippen molar-refractivity contribution in [3.8, 4) is 11.5 Å². The lowest BCUT2D eigenvalue weighted by Crippen LogP contribution is -2.36. The minimum Gasteiger partial charge on any atom is -0.494 e. The average Bonchev–Trinajstić information content (AvgIpc) is 2.93. The van der Waals surface area contributed by atoms with Crippen molar-refractivity contribution >= 4 is 23.4 Å². The molecule has 200 valence electrons. The molecule has 0 radical (unpaired) electrons. The third-order valence-corrected chi connectivity index (χ3v) is 6.62. The molecule has 2 heterocycles. The minimum atomic E-state index is -0.985. The van der Waals surface area contributed by atoms with Gasteiger partial charge in [0.2, 0.25) is 0 Å². The number of carbonyl (C=O) groups is 2. The fourth-order valence-electron chi connectivity index (χ4n) is 4.27. The van der Waals surface area contributed by atoms with Crippen molar-refractivity contribution in [1.82, 2.24) is 4.98 Å². The Morgan fingerprint density at radius 2 is 1.76 bits per heavy atom. The molecule has 38 heavy (non-hydrogen) atoms. The summed E-state index contributed by atoms with van der Waals surface area (Å²) in [5.74, 6) is 1.78. The van der Waals surface area contributed by atoms with Crippen molar-refractivity contribution < 1.29 is 24.2 Å². The van der Waals surface area contributed by atoms with Crippen LogP contribution in [0, 0.1) is 11.8 Å². The first-order valence-corrected chi connectivity index (χ1v) is 13.1. The van der Waals surface area contributed by atoms with E-state index in [1.807, 2.05) is 24.3 Å². The SMILES string of the molecule is CC(C)CCOc1ccc(C(=O)Nc2ccc(N3CCC(COc4ccccc4C(=O)O)CC3)nc2)cc1. The maximum atomic E-state index is 12.6. The van der Waals surface area contributed by atoms with E-state index in [1.54, 1.807) is 42.6 Å². The van der Waals surface area contributed by atoms with E-state index < -0.39 is 5.97 Å². The highest BCUT2D eigenvalue weighted by atomic mass is 16.5. The van der Waals surface area contributed by atoms with Gasteiger partial charge in [-0.3, -0.25) is 4.79 Å². The Labute approximate surface area is 223 Å². The molecule has 2 aromatic carbocycles. The normalized spacial score (nSPS) is 13.8. The lowest BCUT2D eigenvalue weighted by atomic mass is 9.98. The van der Waals surface area contributed by atoms with Gasteiger partial charge in [0.25, 0.3) is 5.91 Å². The van der Waals surface area contributed by atoms with E-state index in [0.29, 0.717) is 42.0 Å². The number of carboxylic acid groups (broad SMARTS) is 1. The third-order valence-electron chi connectivity index (χ3n) is 6.62. The molecule has 1 fully saturated rings. The first kappa shape index (κ1) is 27.0.